The van der Waals surface area contributed by atoms with Crippen LogP contribution in [-0.2, 0) is 6.42 Å². The minimum atomic E-state index is -0.302. The second-order valence-corrected chi connectivity index (χ2v) is 4.17. The Kier molecular flexibility index (Phi) is 1.59. The first kappa shape index (κ1) is 8.48. The van der Waals surface area contributed by atoms with Gasteiger partial charge in [-0.3, -0.25) is 9.78 Å². The number of ketones is 1. The van der Waals surface area contributed by atoms with Crippen molar-refractivity contribution >= 4 is 19.1 Å². The van der Waals surface area contributed by atoms with E-state index in [4.69, 9.17) is 7.85 Å². The number of pyridine rings is 1. The second kappa shape index (κ2) is 2.44. The molecule has 13 heavy (non-hydrogen) atoms. The van der Waals surface area contributed by atoms with Crippen LogP contribution in [0.25, 0.3) is 0 Å². The highest BCUT2D eigenvalue weighted by Crippen LogP contribution is 2.34. The molecule has 0 unspecified atom stereocenters. The zero-order chi connectivity index (χ0) is 9.64. The standard InChI is InChI=1S/C10H10BNO/c1-10(2)4-6-3-7(11)5-12-8(6)9(10)13/h3,5H,4H2,1-2H3. The second-order valence-electron chi connectivity index (χ2n) is 4.17. The predicted molar refractivity (Wildman–Crippen MR) is 51.4 cm³/mol. The lowest BCUT2D eigenvalue weighted by Crippen LogP contribution is -2.19. The van der Waals surface area contributed by atoms with Crippen molar-refractivity contribution in [1.29, 1.82) is 0 Å². The largest absolute Gasteiger partial charge is 0.292 e. The number of rotatable bonds is 0. The summed E-state index contributed by atoms with van der Waals surface area (Å²) in [5, 5.41) is 0. The minimum Gasteiger partial charge on any atom is -0.292 e. The maximum Gasteiger partial charge on any atom is 0.187 e. The van der Waals surface area contributed by atoms with E-state index in [0.29, 0.717) is 11.2 Å². The molecule has 2 nitrogen and oxygen atoms in total. The molecule has 2 rings (SSSR count). The molecule has 1 aliphatic rings. The highest BCUT2D eigenvalue weighted by atomic mass is 16.1. The molecule has 0 spiro atoms. The number of Topliss-reactive ketones (excluding diaryl/α,β-unsaturated/α-hetero) is 1. The summed E-state index contributed by atoms with van der Waals surface area (Å²) < 4.78 is 0. The molecule has 2 radical (unpaired) electrons. The van der Waals surface area contributed by atoms with Crippen molar-refractivity contribution in [3.63, 3.8) is 0 Å². The Bertz CT molecular complexity index is 385. The summed E-state index contributed by atoms with van der Waals surface area (Å²) in [4.78, 5) is 15.8. The summed E-state index contributed by atoms with van der Waals surface area (Å²) in [7, 11) is 5.59. The van der Waals surface area contributed by atoms with Crippen molar-refractivity contribution in [3.8, 4) is 0 Å². The van der Waals surface area contributed by atoms with E-state index in [0.717, 1.165) is 12.0 Å². The van der Waals surface area contributed by atoms with Crippen LogP contribution in [0.2, 0.25) is 0 Å². The van der Waals surface area contributed by atoms with Crippen molar-refractivity contribution in [1.82, 2.24) is 4.98 Å². The van der Waals surface area contributed by atoms with Crippen LogP contribution in [0.1, 0.15) is 29.9 Å². The normalized spacial score (nSPS) is 18.8. The average molecular weight is 171 g/mol. The van der Waals surface area contributed by atoms with Crippen LogP contribution in [-0.4, -0.2) is 18.6 Å². The van der Waals surface area contributed by atoms with Crippen LogP contribution in [0.5, 0.6) is 0 Å². The number of aromatic nitrogens is 1. The van der Waals surface area contributed by atoms with Gasteiger partial charge >= 0.3 is 0 Å². The number of nitrogens with zero attached hydrogens (tertiary/aromatic N) is 1. The molecule has 0 saturated carbocycles. The molecule has 0 amide bonds. The lowest BCUT2D eigenvalue weighted by Gasteiger charge is -2.12. The average Bonchev–Trinajstić information content (AvgIpc) is 2.22. The van der Waals surface area contributed by atoms with Gasteiger partial charge in [-0.05, 0) is 12.0 Å². The number of carbonyl (C=O) groups excluding carboxylic acids is 1. The Morgan fingerprint density at radius 1 is 1.54 bits per heavy atom. The van der Waals surface area contributed by atoms with Crippen molar-refractivity contribution in [2.75, 3.05) is 0 Å². The van der Waals surface area contributed by atoms with E-state index in [1.165, 1.54) is 6.20 Å². The Hall–Kier alpha value is -1.12. The quantitative estimate of drug-likeness (QED) is 0.536. The van der Waals surface area contributed by atoms with Gasteiger partial charge in [0, 0.05) is 11.6 Å². The van der Waals surface area contributed by atoms with Gasteiger partial charge in [0.2, 0.25) is 0 Å². The van der Waals surface area contributed by atoms with E-state index in [9.17, 15) is 4.79 Å². The predicted octanol–water partition coefficient (Wildman–Crippen LogP) is 0.640. The van der Waals surface area contributed by atoms with Crippen LogP contribution in [0, 0.1) is 5.41 Å². The maximum atomic E-state index is 11.7. The van der Waals surface area contributed by atoms with E-state index in [2.05, 4.69) is 4.98 Å². The Labute approximate surface area is 78.8 Å². The highest BCUT2D eigenvalue weighted by Gasteiger charge is 2.38. The summed E-state index contributed by atoms with van der Waals surface area (Å²) in [5.41, 5.74) is 1.90. The number of hydrogen-bond acceptors (Lipinski definition) is 2. The van der Waals surface area contributed by atoms with E-state index >= 15 is 0 Å². The van der Waals surface area contributed by atoms with Crippen LogP contribution in [0.3, 0.4) is 0 Å². The van der Waals surface area contributed by atoms with Gasteiger partial charge in [-0.15, -0.1) is 0 Å². The first-order valence-corrected chi connectivity index (χ1v) is 4.30. The summed E-state index contributed by atoms with van der Waals surface area (Å²) >= 11 is 0. The monoisotopic (exact) mass is 171 g/mol. The Balaban J connectivity index is 2.57. The fourth-order valence-corrected chi connectivity index (χ4v) is 1.74. The molecular formula is C10H10BNO. The lowest BCUT2D eigenvalue weighted by atomic mass is 9.89. The van der Waals surface area contributed by atoms with Crippen LogP contribution in [0.4, 0.5) is 0 Å². The highest BCUT2D eigenvalue weighted by molar-refractivity contribution is 6.32. The van der Waals surface area contributed by atoms with Gasteiger partial charge in [-0.1, -0.05) is 25.4 Å². The number of hydrogen-bond donors (Lipinski definition) is 0. The third-order valence-electron chi connectivity index (χ3n) is 2.45. The van der Waals surface area contributed by atoms with Gasteiger partial charge in [0.25, 0.3) is 0 Å². The summed E-state index contributed by atoms with van der Waals surface area (Å²) in [5.74, 6) is 0.127. The zero-order valence-electron chi connectivity index (χ0n) is 7.79. The molecular weight excluding hydrogens is 161 g/mol. The van der Waals surface area contributed by atoms with E-state index in [1.807, 2.05) is 19.9 Å². The molecule has 0 N–H and O–H groups in total. The van der Waals surface area contributed by atoms with Crippen LogP contribution < -0.4 is 5.46 Å². The molecule has 0 bridgehead atoms. The molecule has 1 heterocycles. The van der Waals surface area contributed by atoms with Crippen molar-refractivity contribution in [2.45, 2.75) is 20.3 Å². The molecule has 64 valence electrons. The molecule has 0 atom stereocenters. The fourth-order valence-electron chi connectivity index (χ4n) is 1.74. The fraction of sp³-hybridized carbons (Fsp3) is 0.400. The molecule has 1 aromatic rings. The number of carbonyl (C=O) groups is 1. The molecule has 0 aliphatic heterocycles. The molecule has 1 aromatic heterocycles. The van der Waals surface area contributed by atoms with E-state index in [1.54, 1.807) is 0 Å². The van der Waals surface area contributed by atoms with Gasteiger partial charge < -0.3 is 0 Å². The van der Waals surface area contributed by atoms with Gasteiger partial charge in [0.15, 0.2) is 5.78 Å². The minimum absolute atomic E-state index is 0.127. The molecule has 0 aromatic carbocycles. The van der Waals surface area contributed by atoms with Gasteiger partial charge in [0.1, 0.15) is 13.5 Å². The topological polar surface area (TPSA) is 30.0 Å². The third-order valence-corrected chi connectivity index (χ3v) is 2.45. The van der Waals surface area contributed by atoms with Crippen LogP contribution in [0.15, 0.2) is 12.3 Å². The van der Waals surface area contributed by atoms with E-state index in [-0.39, 0.29) is 11.2 Å². The molecule has 1 aliphatic carbocycles. The van der Waals surface area contributed by atoms with Crippen molar-refractivity contribution in [3.05, 3.63) is 23.5 Å². The smallest absolute Gasteiger partial charge is 0.187 e. The lowest BCUT2D eigenvalue weighted by molar-refractivity contribution is 0.0859. The number of fused-ring (bicyclic) bond motifs is 1. The first-order chi connectivity index (χ1) is 6.00. The van der Waals surface area contributed by atoms with Gasteiger partial charge in [0.05, 0.1) is 0 Å². The van der Waals surface area contributed by atoms with Crippen molar-refractivity contribution in [2.24, 2.45) is 5.41 Å². The zero-order valence-corrected chi connectivity index (χ0v) is 7.79. The molecule has 3 heteroatoms. The van der Waals surface area contributed by atoms with E-state index < -0.39 is 0 Å². The molecule has 0 saturated heterocycles. The Morgan fingerprint density at radius 2 is 2.23 bits per heavy atom. The summed E-state index contributed by atoms with van der Waals surface area (Å²) in [6.45, 7) is 3.88. The maximum absolute atomic E-state index is 11.7. The molecule has 0 fully saturated rings. The summed E-state index contributed by atoms with van der Waals surface area (Å²) in [6, 6.07) is 1.84. The van der Waals surface area contributed by atoms with Crippen molar-refractivity contribution < 1.29 is 4.79 Å². The van der Waals surface area contributed by atoms with Gasteiger partial charge in [-0.2, -0.15) is 0 Å². The van der Waals surface area contributed by atoms with Crippen LogP contribution >= 0.6 is 0 Å². The summed E-state index contributed by atoms with van der Waals surface area (Å²) in [6.07, 6.45) is 2.29. The SMILES string of the molecule is [B]c1cnc2c(c1)CC(C)(C)C2=O. The van der Waals surface area contributed by atoms with Gasteiger partial charge in [-0.25, -0.2) is 0 Å². The third kappa shape index (κ3) is 1.19. The first-order valence-electron chi connectivity index (χ1n) is 4.30. The Morgan fingerprint density at radius 3 is 2.92 bits per heavy atom.